The van der Waals surface area contributed by atoms with Crippen LogP contribution in [0, 0.1) is 12.7 Å². The Morgan fingerprint density at radius 2 is 1.95 bits per heavy atom. The number of carbonyl (C=O) groups excluding carboxylic acids is 1. The molecule has 0 aliphatic heterocycles. The first-order valence-corrected chi connectivity index (χ1v) is 8.57. The third kappa shape index (κ3) is 3.34. The van der Waals surface area contributed by atoms with E-state index in [-0.39, 0.29) is 9.77 Å². The van der Waals surface area contributed by atoms with E-state index in [1.54, 1.807) is 13.0 Å². The van der Waals surface area contributed by atoms with E-state index < -0.39 is 21.7 Å². The Morgan fingerprint density at radius 3 is 2.55 bits per heavy atom. The second-order valence-electron chi connectivity index (χ2n) is 4.78. The second kappa shape index (κ2) is 6.15. The zero-order chi connectivity index (χ0) is 16.5. The van der Waals surface area contributed by atoms with Crippen molar-refractivity contribution < 1.29 is 17.6 Å². The van der Waals surface area contributed by atoms with E-state index in [1.807, 2.05) is 0 Å². The van der Waals surface area contributed by atoms with Gasteiger partial charge in [-0.3, -0.25) is 4.79 Å². The van der Waals surface area contributed by atoms with Gasteiger partial charge in [-0.05, 0) is 31.2 Å². The first-order valence-electron chi connectivity index (χ1n) is 6.31. The molecule has 8 heteroatoms. The van der Waals surface area contributed by atoms with Crippen molar-refractivity contribution in [2.24, 2.45) is 0 Å². The number of hydrogen-bond acceptors (Lipinski definition) is 4. The van der Waals surface area contributed by atoms with Gasteiger partial charge in [-0.15, -0.1) is 11.3 Å². The molecule has 1 N–H and O–H groups in total. The van der Waals surface area contributed by atoms with Crippen molar-refractivity contribution >= 4 is 33.0 Å². The van der Waals surface area contributed by atoms with Gasteiger partial charge in [0.2, 0.25) is 10.0 Å². The summed E-state index contributed by atoms with van der Waals surface area (Å²) in [6, 6.07) is 6.83. The number of sulfonamides is 1. The van der Waals surface area contributed by atoms with Crippen LogP contribution in [0.1, 0.15) is 14.5 Å². The summed E-state index contributed by atoms with van der Waals surface area (Å²) in [5, 5.41) is 2.54. The first kappa shape index (κ1) is 16.6. The topological polar surface area (TPSA) is 66.5 Å². The zero-order valence-electron chi connectivity index (χ0n) is 12.3. The van der Waals surface area contributed by atoms with E-state index in [0.717, 1.165) is 15.6 Å². The Bertz CT molecular complexity index is 813. The molecule has 1 heterocycles. The largest absolute Gasteiger partial charge is 0.321 e. The summed E-state index contributed by atoms with van der Waals surface area (Å²) < 4.78 is 38.5. The average Bonchev–Trinajstić information content (AvgIpc) is 2.81. The van der Waals surface area contributed by atoms with Gasteiger partial charge in [-0.2, -0.15) is 0 Å². The van der Waals surface area contributed by atoms with Crippen LogP contribution in [-0.4, -0.2) is 32.7 Å². The number of carbonyl (C=O) groups is 1. The van der Waals surface area contributed by atoms with Gasteiger partial charge in [0.25, 0.3) is 5.91 Å². The van der Waals surface area contributed by atoms with Crippen molar-refractivity contribution in [1.82, 2.24) is 4.31 Å². The molecule has 1 aromatic heterocycles. The number of aryl methyl sites for hydroxylation is 1. The Labute approximate surface area is 132 Å². The molecule has 0 saturated carbocycles. The van der Waals surface area contributed by atoms with Crippen molar-refractivity contribution in [2.45, 2.75) is 11.8 Å². The standard InChI is InChI=1S/C14H15FN2O3S2/c1-9-13(22(19,20)17(2)3)8-12(21-9)14(18)16-11-6-4-5-10(15)7-11/h4-8H,1-3H3,(H,16,18). The number of halogens is 1. The molecule has 0 radical (unpaired) electrons. The first-order chi connectivity index (χ1) is 10.2. The fourth-order valence-corrected chi connectivity index (χ4v) is 4.14. The number of amides is 1. The quantitative estimate of drug-likeness (QED) is 0.929. The van der Waals surface area contributed by atoms with Crippen LogP contribution in [-0.2, 0) is 10.0 Å². The number of nitrogens with one attached hydrogen (secondary N) is 1. The van der Waals surface area contributed by atoms with Crippen LogP contribution >= 0.6 is 11.3 Å². The lowest BCUT2D eigenvalue weighted by molar-refractivity contribution is 0.103. The molecule has 0 spiro atoms. The minimum absolute atomic E-state index is 0.104. The van der Waals surface area contributed by atoms with Crippen LogP contribution in [0.3, 0.4) is 0 Å². The van der Waals surface area contributed by atoms with Crippen molar-refractivity contribution in [1.29, 1.82) is 0 Å². The molecule has 0 aliphatic rings. The highest BCUT2D eigenvalue weighted by Crippen LogP contribution is 2.28. The predicted molar refractivity (Wildman–Crippen MR) is 84.3 cm³/mol. The van der Waals surface area contributed by atoms with Gasteiger partial charge in [0.15, 0.2) is 0 Å². The van der Waals surface area contributed by atoms with Crippen molar-refractivity contribution in [3.63, 3.8) is 0 Å². The molecular weight excluding hydrogens is 327 g/mol. The molecule has 118 valence electrons. The van der Waals surface area contributed by atoms with E-state index in [9.17, 15) is 17.6 Å². The normalized spacial score (nSPS) is 11.7. The number of benzene rings is 1. The number of hydrogen-bond donors (Lipinski definition) is 1. The molecular formula is C14H15FN2O3S2. The van der Waals surface area contributed by atoms with Gasteiger partial charge in [0.1, 0.15) is 5.82 Å². The van der Waals surface area contributed by atoms with Crippen LogP contribution < -0.4 is 5.32 Å². The summed E-state index contributed by atoms with van der Waals surface area (Å²) in [5.41, 5.74) is 0.313. The third-order valence-corrected chi connectivity index (χ3v) is 6.06. The highest BCUT2D eigenvalue weighted by Gasteiger charge is 2.24. The molecule has 2 aromatic rings. The van der Waals surface area contributed by atoms with Gasteiger partial charge < -0.3 is 5.32 Å². The number of nitrogens with zero attached hydrogens (tertiary/aromatic N) is 1. The highest BCUT2D eigenvalue weighted by atomic mass is 32.2. The van der Waals surface area contributed by atoms with E-state index in [0.29, 0.717) is 10.6 Å². The molecule has 0 aliphatic carbocycles. The zero-order valence-corrected chi connectivity index (χ0v) is 13.9. The number of thiophene rings is 1. The van der Waals surface area contributed by atoms with E-state index in [2.05, 4.69) is 5.32 Å². The van der Waals surface area contributed by atoms with Gasteiger partial charge in [0.05, 0.1) is 9.77 Å². The smallest absolute Gasteiger partial charge is 0.265 e. The fourth-order valence-electron chi connectivity index (χ4n) is 1.79. The minimum Gasteiger partial charge on any atom is -0.321 e. The Kier molecular flexibility index (Phi) is 4.64. The summed E-state index contributed by atoms with van der Waals surface area (Å²) in [5.74, 6) is -0.935. The van der Waals surface area contributed by atoms with Crippen LogP contribution in [0.5, 0.6) is 0 Å². The van der Waals surface area contributed by atoms with Crippen molar-refractivity contribution in [3.05, 3.63) is 45.9 Å². The monoisotopic (exact) mass is 342 g/mol. The van der Waals surface area contributed by atoms with Gasteiger partial charge in [-0.1, -0.05) is 6.07 Å². The molecule has 1 aromatic carbocycles. The molecule has 0 bridgehead atoms. The highest BCUT2D eigenvalue weighted by molar-refractivity contribution is 7.89. The maximum Gasteiger partial charge on any atom is 0.265 e. The summed E-state index contributed by atoms with van der Waals surface area (Å²) in [7, 11) is -0.737. The number of anilines is 1. The summed E-state index contributed by atoms with van der Waals surface area (Å²) in [6.45, 7) is 1.64. The van der Waals surface area contributed by atoms with Crippen LogP contribution in [0.15, 0.2) is 35.2 Å². The van der Waals surface area contributed by atoms with E-state index >= 15 is 0 Å². The summed E-state index contributed by atoms with van der Waals surface area (Å²) in [6.07, 6.45) is 0. The van der Waals surface area contributed by atoms with Crippen molar-refractivity contribution in [3.8, 4) is 0 Å². The Balaban J connectivity index is 2.29. The summed E-state index contributed by atoms with van der Waals surface area (Å²) in [4.78, 5) is 13.0. The summed E-state index contributed by atoms with van der Waals surface area (Å²) >= 11 is 1.08. The maximum absolute atomic E-state index is 13.1. The number of rotatable bonds is 4. The molecule has 5 nitrogen and oxygen atoms in total. The molecule has 0 unspecified atom stereocenters. The lowest BCUT2D eigenvalue weighted by Gasteiger charge is -2.10. The van der Waals surface area contributed by atoms with Gasteiger partial charge >= 0.3 is 0 Å². The SMILES string of the molecule is Cc1sc(C(=O)Nc2cccc(F)c2)cc1S(=O)(=O)N(C)C. The predicted octanol–water partition coefficient (Wildman–Crippen LogP) is 2.70. The molecule has 1 amide bonds. The lowest BCUT2D eigenvalue weighted by atomic mass is 10.3. The lowest BCUT2D eigenvalue weighted by Crippen LogP contribution is -2.22. The van der Waals surface area contributed by atoms with Gasteiger partial charge in [0, 0.05) is 24.7 Å². The Morgan fingerprint density at radius 1 is 1.27 bits per heavy atom. The second-order valence-corrected chi connectivity index (χ2v) is 8.16. The van der Waals surface area contributed by atoms with E-state index in [1.165, 1.54) is 38.4 Å². The maximum atomic E-state index is 13.1. The molecule has 22 heavy (non-hydrogen) atoms. The van der Waals surface area contributed by atoms with Crippen LogP contribution in [0.2, 0.25) is 0 Å². The minimum atomic E-state index is -3.60. The molecule has 0 fully saturated rings. The van der Waals surface area contributed by atoms with Gasteiger partial charge in [-0.25, -0.2) is 17.1 Å². The van der Waals surface area contributed by atoms with Crippen LogP contribution in [0.25, 0.3) is 0 Å². The van der Waals surface area contributed by atoms with E-state index in [4.69, 9.17) is 0 Å². The fraction of sp³-hybridized carbons (Fsp3) is 0.214. The molecule has 0 atom stereocenters. The Hall–Kier alpha value is -1.77. The molecule has 0 saturated heterocycles. The molecule has 2 rings (SSSR count). The van der Waals surface area contributed by atoms with Crippen molar-refractivity contribution in [2.75, 3.05) is 19.4 Å². The third-order valence-electron chi connectivity index (χ3n) is 2.94. The average molecular weight is 342 g/mol. The van der Waals surface area contributed by atoms with Crippen LogP contribution in [0.4, 0.5) is 10.1 Å².